The number of carbonyl (C=O) groups is 1. The summed E-state index contributed by atoms with van der Waals surface area (Å²) in [7, 11) is 0. The first-order valence-corrected chi connectivity index (χ1v) is 12.6. The van der Waals surface area contributed by atoms with E-state index in [2.05, 4.69) is 13.8 Å². The lowest BCUT2D eigenvalue weighted by molar-refractivity contribution is -0.157. The monoisotopic (exact) mass is 386 g/mol. The number of hydrogen-bond donors (Lipinski definition) is 1. The van der Waals surface area contributed by atoms with Gasteiger partial charge in [0.25, 0.3) is 0 Å². The van der Waals surface area contributed by atoms with Gasteiger partial charge in [-0.15, -0.1) is 0 Å². The molecule has 0 unspecified atom stereocenters. The largest absolute Gasteiger partial charge is 0.390 e. The summed E-state index contributed by atoms with van der Waals surface area (Å²) in [6.07, 6.45) is 18.2. The van der Waals surface area contributed by atoms with Crippen LogP contribution in [0.5, 0.6) is 0 Å². The molecule has 5 saturated carbocycles. The molecule has 0 aromatic rings. The van der Waals surface area contributed by atoms with Crippen LogP contribution in [0.15, 0.2) is 0 Å². The number of aliphatic hydroxyl groups is 1. The quantitative estimate of drug-likeness (QED) is 0.604. The molecule has 0 saturated heterocycles. The molecule has 0 aromatic heterocycles. The molecule has 7 atom stereocenters. The van der Waals surface area contributed by atoms with Gasteiger partial charge in [0.1, 0.15) is 5.78 Å². The number of hydrogen-bond acceptors (Lipinski definition) is 2. The van der Waals surface area contributed by atoms with E-state index in [-0.39, 0.29) is 11.0 Å². The SMILES string of the molecule is C[C@]12CC[C@](O)(CC3CCCCC3)C[C@@H]1CC[C@@H]1[C@@H]2CC[C@]2(C)C(=O)CC[C@@H]12. The fourth-order valence-electron chi connectivity index (χ4n) is 9.21. The third kappa shape index (κ3) is 2.95. The summed E-state index contributed by atoms with van der Waals surface area (Å²) in [6.45, 7) is 4.87. The van der Waals surface area contributed by atoms with Crippen molar-refractivity contribution >= 4 is 5.78 Å². The van der Waals surface area contributed by atoms with Crippen LogP contribution in [0.1, 0.15) is 110 Å². The van der Waals surface area contributed by atoms with Crippen molar-refractivity contribution in [2.24, 2.45) is 40.4 Å². The highest BCUT2D eigenvalue weighted by molar-refractivity contribution is 5.87. The molecule has 0 amide bonds. The minimum Gasteiger partial charge on any atom is -0.390 e. The predicted octanol–water partition coefficient (Wildman–Crippen LogP) is 6.30. The molecule has 1 N–H and O–H groups in total. The number of rotatable bonds is 2. The van der Waals surface area contributed by atoms with E-state index in [1.165, 1.54) is 57.8 Å². The Labute approximate surface area is 172 Å². The van der Waals surface area contributed by atoms with Gasteiger partial charge in [-0.2, -0.15) is 0 Å². The van der Waals surface area contributed by atoms with Crippen molar-refractivity contribution < 1.29 is 9.90 Å². The normalized spacial score (nSPS) is 52.0. The van der Waals surface area contributed by atoms with E-state index in [9.17, 15) is 9.90 Å². The summed E-state index contributed by atoms with van der Waals surface area (Å²) >= 11 is 0. The lowest BCUT2D eigenvalue weighted by atomic mass is 9.44. The lowest BCUT2D eigenvalue weighted by Crippen LogP contribution is -2.56. The summed E-state index contributed by atoms with van der Waals surface area (Å²) in [6, 6.07) is 0. The fourth-order valence-corrected chi connectivity index (χ4v) is 9.21. The smallest absolute Gasteiger partial charge is 0.139 e. The lowest BCUT2D eigenvalue weighted by Gasteiger charge is -2.61. The van der Waals surface area contributed by atoms with Gasteiger partial charge in [-0.05, 0) is 92.8 Å². The molecule has 5 rings (SSSR count). The molecule has 5 aliphatic carbocycles. The van der Waals surface area contributed by atoms with Gasteiger partial charge in [-0.3, -0.25) is 4.79 Å². The van der Waals surface area contributed by atoms with Crippen LogP contribution >= 0.6 is 0 Å². The van der Waals surface area contributed by atoms with Crippen molar-refractivity contribution in [3.63, 3.8) is 0 Å². The van der Waals surface area contributed by atoms with E-state index in [1.807, 2.05) is 0 Å². The Bertz CT molecular complexity index is 622. The van der Waals surface area contributed by atoms with Gasteiger partial charge in [0.05, 0.1) is 5.60 Å². The van der Waals surface area contributed by atoms with Gasteiger partial charge in [-0.1, -0.05) is 46.0 Å². The fraction of sp³-hybridized carbons (Fsp3) is 0.962. The first-order valence-electron chi connectivity index (χ1n) is 12.6. The number of Topliss-reactive ketones (excluding diaryl/α,β-unsaturated/α-hetero) is 1. The molecule has 0 radical (unpaired) electrons. The van der Waals surface area contributed by atoms with Crippen molar-refractivity contribution in [2.45, 2.75) is 116 Å². The highest BCUT2D eigenvalue weighted by Gasteiger charge is 2.61. The molecule has 0 aromatic carbocycles. The van der Waals surface area contributed by atoms with Crippen molar-refractivity contribution in [3.05, 3.63) is 0 Å². The van der Waals surface area contributed by atoms with Crippen LogP contribution in [0.3, 0.4) is 0 Å². The minimum absolute atomic E-state index is 0.000743. The third-order valence-corrected chi connectivity index (χ3v) is 10.9. The van der Waals surface area contributed by atoms with Crippen LogP contribution in [0.2, 0.25) is 0 Å². The maximum absolute atomic E-state index is 12.6. The van der Waals surface area contributed by atoms with Crippen molar-refractivity contribution in [3.8, 4) is 0 Å². The van der Waals surface area contributed by atoms with Crippen LogP contribution in [-0.4, -0.2) is 16.5 Å². The minimum atomic E-state index is -0.383. The second kappa shape index (κ2) is 6.82. The maximum Gasteiger partial charge on any atom is 0.139 e. The summed E-state index contributed by atoms with van der Waals surface area (Å²) in [5, 5.41) is 11.6. The highest BCUT2D eigenvalue weighted by atomic mass is 16.3. The van der Waals surface area contributed by atoms with Gasteiger partial charge < -0.3 is 5.11 Å². The Balaban J connectivity index is 1.31. The highest BCUT2D eigenvalue weighted by Crippen LogP contribution is 2.66. The van der Waals surface area contributed by atoms with E-state index in [4.69, 9.17) is 0 Å². The second-order valence-electron chi connectivity index (χ2n) is 12.2. The molecule has 28 heavy (non-hydrogen) atoms. The molecule has 0 spiro atoms. The van der Waals surface area contributed by atoms with Crippen LogP contribution < -0.4 is 0 Å². The van der Waals surface area contributed by atoms with Gasteiger partial charge in [-0.25, -0.2) is 0 Å². The molecule has 0 aliphatic heterocycles. The van der Waals surface area contributed by atoms with Crippen molar-refractivity contribution in [1.29, 1.82) is 0 Å². The zero-order valence-corrected chi connectivity index (χ0v) is 18.3. The molecule has 5 aliphatic rings. The Kier molecular flexibility index (Phi) is 4.77. The maximum atomic E-state index is 12.6. The van der Waals surface area contributed by atoms with Crippen molar-refractivity contribution in [1.82, 2.24) is 0 Å². The number of ketones is 1. The Hall–Kier alpha value is -0.370. The summed E-state index contributed by atoms with van der Waals surface area (Å²) in [4.78, 5) is 12.6. The van der Waals surface area contributed by atoms with E-state index in [1.54, 1.807) is 0 Å². The molecular weight excluding hydrogens is 344 g/mol. The standard InChI is InChI=1S/C26H42O2/c1-24-14-15-26(28,16-18-6-4-3-5-7-18)17-19(24)8-9-20-21-10-11-23(27)25(21,2)13-12-22(20)24/h18-22,28H,3-17H2,1-2H3/t19-,20-,21-,22-,24-,25-,26-/m0/s1. The molecule has 158 valence electrons. The van der Waals surface area contributed by atoms with E-state index >= 15 is 0 Å². The Morgan fingerprint density at radius 2 is 1.68 bits per heavy atom. The Morgan fingerprint density at radius 3 is 2.46 bits per heavy atom. The predicted molar refractivity (Wildman–Crippen MR) is 113 cm³/mol. The topological polar surface area (TPSA) is 37.3 Å². The third-order valence-electron chi connectivity index (χ3n) is 10.9. The first kappa shape index (κ1) is 19.6. The average molecular weight is 387 g/mol. The van der Waals surface area contributed by atoms with Crippen LogP contribution in [0.25, 0.3) is 0 Å². The first-order chi connectivity index (χ1) is 13.3. The molecule has 2 heteroatoms. The van der Waals surface area contributed by atoms with Crippen LogP contribution in [0.4, 0.5) is 0 Å². The van der Waals surface area contributed by atoms with E-state index < -0.39 is 0 Å². The molecular formula is C26H42O2. The second-order valence-corrected chi connectivity index (χ2v) is 12.2. The van der Waals surface area contributed by atoms with Crippen LogP contribution in [-0.2, 0) is 4.79 Å². The zero-order valence-electron chi connectivity index (χ0n) is 18.3. The summed E-state index contributed by atoms with van der Waals surface area (Å²) in [5.74, 6) is 4.27. The Morgan fingerprint density at radius 1 is 0.893 bits per heavy atom. The summed E-state index contributed by atoms with van der Waals surface area (Å²) in [5.41, 5.74) is 0.0287. The van der Waals surface area contributed by atoms with E-state index in [0.717, 1.165) is 56.3 Å². The average Bonchev–Trinajstić information content (AvgIpc) is 2.98. The van der Waals surface area contributed by atoms with Gasteiger partial charge in [0.15, 0.2) is 0 Å². The van der Waals surface area contributed by atoms with Crippen LogP contribution in [0, 0.1) is 40.4 Å². The van der Waals surface area contributed by atoms with E-state index in [0.29, 0.717) is 23.0 Å². The van der Waals surface area contributed by atoms with Gasteiger partial charge in [0, 0.05) is 11.8 Å². The zero-order chi connectivity index (χ0) is 19.6. The molecule has 2 nitrogen and oxygen atoms in total. The number of fused-ring (bicyclic) bond motifs is 5. The number of carbonyl (C=O) groups excluding carboxylic acids is 1. The van der Waals surface area contributed by atoms with Gasteiger partial charge >= 0.3 is 0 Å². The molecule has 0 heterocycles. The summed E-state index contributed by atoms with van der Waals surface area (Å²) < 4.78 is 0. The van der Waals surface area contributed by atoms with Gasteiger partial charge in [0.2, 0.25) is 0 Å². The molecule has 5 fully saturated rings. The van der Waals surface area contributed by atoms with Crippen molar-refractivity contribution in [2.75, 3.05) is 0 Å². The molecule has 0 bridgehead atoms.